The van der Waals surface area contributed by atoms with Crippen molar-refractivity contribution in [2.75, 3.05) is 7.11 Å². The molecule has 0 bridgehead atoms. The van der Waals surface area contributed by atoms with Crippen molar-refractivity contribution < 1.29 is 14.3 Å². The molecule has 0 saturated carbocycles. The summed E-state index contributed by atoms with van der Waals surface area (Å²) in [5.74, 6) is 0.384. The van der Waals surface area contributed by atoms with Gasteiger partial charge in [0.25, 0.3) is 0 Å². The van der Waals surface area contributed by atoms with Gasteiger partial charge in [-0.1, -0.05) is 32.6 Å². The van der Waals surface area contributed by atoms with Crippen molar-refractivity contribution >= 4 is 11.9 Å². The quantitative estimate of drug-likeness (QED) is 0.525. The van der Waals surface area contributed by atoms with Crippen LogP contribution in [0.25, 0.3) is 0 Å². The number of ketones is 1. The minimum absolute atomic E-state index is 0.218. The Labute approximate surface area is 141 Å². The van der Waals surface area contributed by atoms with Gasteiger partial charge in [-0.05, 0) is 45.4 Å². The molecule has 1 aliphatic heterocycles. The topological polar surface area (TPSA) is 46.6 Å². The maximum absolute atomic E-state index is 11.9. The van der Waals surface area contributed by atoms with Gasteiger partial charge >= 0.3 is 6.09 Å². The van der Waals surface area contributed by atoms with Crippen LogP contribution in [-0.2, 0) is 9.53 Å². The molecule has 0 aromatic carbocycles. The van der Waals surface area contributed by atoms with Crippen LogP contribution in [0, 0.1) is 0 Å². The van der Waals surface area contributed by atoms with Crippen molar-refractivity contribution in [3.8, 4) is 0 Å². The third kappa shape index (κ3) is 7.36. The molecular weight excluding hydrogens is 290 g/mol. The molecule has 1 saturated heterocycles. The second-order valence-electron chi connectivity index (χ2n) is 6.91. The van der Waals surface area contributed by atoms with Crippen molar-refractivity contribution in [3.63, 3.8) is 0 Å². The lowest BCUT2D eigenvalue weighted by molar-refractivity contribution is -0.119. The van der Waals surface area contributed by atoms with E-state index in [9.17, 15) is 9.59 Å². The Morgan fingerprint density at radius 2 is 1.74 bits per heavy atom. The molecule has 0 N–H and O–H groups in total. The average Bonchev–Trinajstić information content (AvgIpc) is 2.54. The highest BCUT2D eigenvalue weighted by atomic mass is 16.5. The zero-order valence-electron chi connectivity index (χ0n) is 15.3. The number of nitrogens with zero attached hydrogens (tertiary/aromatic N) is 1. The number of rotatable bonds is 10. The Morgan fingerprint density at radius 3 is 2.43 bits per heavy atom. The predicted molar refractivity (Wildman–Crippen MR) is 93.6 cm³/mol. The van der Waals surface area contributed by atoms with Gasteiger partial charge in [0.05, 0.1) is 7.11 Å². The van der Waals surface area contributed by atoms with Crippen LogP contribution in [0.15, 0.2) is 0 Å². The van der Waals surface area contributed by atoms with Gasteiger partial charge in [0.1, 0.15) is 5.78 Å². The summed E-state index contributed by atoms with van der Waals surface area (Å²) in [6, 6.07) is 0.485. The summed E-state index contributed by atoms with van der Waals surface area (Å²) in [6.45, 7) is 4.29. The SMILES string of the molecule is CCCCCCCC(=O)CCCC1CCCC(C)N1C(=O)OC. The van der Waals surface area contributed by atoms with Crippen molar-refractivity contribution in [1.29, 1.82) is 0 Å². The summed E-state index contributed by atoms with van der Waals surface area (Å²) in [7, 11) is 1.45. The van der Waals surface area contributed by atoms with Crippen molar-refractivity contribution in [1.82, 2.24) is 4.90 Å². The maximum atomic E-state index is 11.9. The van der Waals surface area contributed by atoms with Crippen LogP contribution in [0.3, 0.4) is 0 Å². The van der Waals surface area contributed by atoms with Gasteiger partial charge in [-0.25, -0.2) is 4.79 Å². The molecule has 23 heavy (non-hydrogen) atoms. The number of methoxy groups -OCH3 is 1. The molecule has 0 aromatic rings. The van der Waals surface area contributed by atoms with Crippen LogP contribution >= 0.6 is 0 Å². The summed E-state index contributed by atoms with van der Waals surface area (Å²) >= 11 is 0. The second kappa shape index (κ2) is 11.5. The lowest BCUT2D eigenvalue weighted by Crippen LogP contribution is -2.48. The molecule has 4 heteroatoms. The monoisotopic (exact) mass is 325 g/mol. The first-order chi connectivity index (χ1) is 11.1. The molecule has 1 rings (SSSR count). The zero-order chi connectivity index (χ0) is 17.1. The Hall–Kier alpha value is -1.06. The number of hydrogen-bond acceptors (Lipinski definition) is 3. The van der Waals surface area contributed by atoms with E-state index in [2.05, 4.69) is 13.8 Å². The summed E-state index contributed by atoms with van der Waals surface area (Å²) in [4.78, 5) is 25.8. The molecule has 1 amide bonds. The first kappa shape index (κ1) is 20.0. The summed E-state index contributed by atoms with van der Waals surface area (Å²) in [5.41, 5.74) is 0. The fourth-order valence-electron chi connectivity index (χ4n) is 3.59. The number of piperidine rings is 1. The number of ether oxygens (including phenoxy) is 1. The van der Waals surface area contributed by atoms with E-state index < -0.39 is 0 Å². The summed E-state index contributed by atoms with van der Waals surface area (Å²) in [6.07, 6.45) is 12.2. The summed E-state index contributed by atoms with van der Waals surface area (Å²) < 4.78 is 4.92. The van der Waals surface area contributed by atoms with Crippen molar-refractivity contribution in [3.05, 3.63) is 0 Å². The zero-order valence-corrected chi connectivity index (χ0v) is 15.3. The minimum Gasteiger partial charge on any atom is -0.453 e. The molecule has 0 spiro atoms. The molecule has 2 unspecified atom stereocenters. The Bertz CT molecular complexity index is 357. The molecule has 0 aromatic heterocycles. The van der Waals surface area contributed by atoms with Gasteiger partial charge < -0.3 is 9.64 Å². The van der Waals surface area contributed by atoms with Crippen LogP contribution in [0.4, 0.5) is 4.79 Å². The van der Waals surface area contributed by atoms with Crippen LogP contribution in [-0.4, -0.2) is 36.0 Å². The molecule has 1 heterocycles. The van der Waals surface area contributed by atoms with E-state index in [0.717, 1.165) is 44.9 Å². The van der Waals surface area contributed by atoms with Crippen molar-refractivity contribution in [2.24, 2.45) is 0 Å². The van der Waals surface area contributed by atoms with E-state index in [-0.39, 0.29) is 18.2 Å². The lowest BCUT2D eigenvalue weighted by Gasteiger charge is -2.39. The highest BCUT2D eigenvalue weighted by Crippen LogP contribution is 2.27. The second-order valence-corrected chi connectivity index (χ2v) is 6.91. The van der Waals surface area contributed by atoms with E-state index in [1.165, 1.54) is 32.8 Å². The van der Waals surface area contributed by atoms with E-state index in [1.54, 1.807) is 0 Å². The molecule has 0 aliphatic carbocycles. The standard InChI is InChI=1S/C19H35NO3/c1-4-5-6-7-8-14-18(21)15-10-13-17-12-9-11-16(2)20(17)19(22)23-3/h16-17H,4-15H2,1-3H3. The van der Waals surface area contributed by atoms with Gasteiger partial charge in [-0.3, -0.25) is 4.79 Å². The normalized spacial score (nSPS) is 21.3. The maximum Gasteiger partial charge on any atom is 0.409 e. The fourth-order valence-corrected chi connectivity index (χ4v) is 3.59. The van der Waals surface area contributed by atoms with Crippen molar-refractivity contribution in [2.45, 2.75) is 103 Å². The minimum atomic E-state index is -0.218. The molecule has 1 aliphatic rings. The van der Waals surface area contributed by atoms with Gasteiger partial charge in [0, 0.05) is 24.9 Å². The fraction of sp³-hybridized carbons (Fsp3) is 0.895. The third-order valence-corrected chi connectivity index (χ3v) is 4.97. The van der Waals surface area contributed by atoms with Crippen LogP contribution in [0.1, 0.15) is 90.9 Å². The van der Waals surface area contributed by atoms with E-state index >= 15 is 0 Å². The Balaban J connectivity index is 2.24. The summed E-state index contributed by atoms with van der Waals surface area (Å²) in [5, 5.41) is 0. The van der Waals surface area contributed by atoms with Gasteiger partial charge in [0.2, 0.25) is 0 Å². The molecular formula is C19H35NO3. The van der Waals surface area contributed by atoms with Crippen LogP contribution < -0.4 is 0 Å². The van der Waals surface area contributed by atoms with E-state index in [4.69, 9.17) is 4.74 Å². The van der Waals surface area contributed by atoms with E-state index in [0.29, 0.717) is 12.2 Å². The molecule has 0 radical (unpaired) electrons. The van der Waals surface area contributed by atoms with Crippen LogP contribution in [0.2, 0.25) is 0 Å². The first-order valence-electron chi connectivity index (χ1n) is 9.48. The highest BCUT2D eigenvalue weighted by Gasteiger charge is 2.32. The van der Waals surface area contributed by atoms with Gasteiger partial charge in [-0.15, -0.1) is 0 Å². The number of hydrogen-bond donors (Lipinski definition) is 0. The Morgan fingerprint density at radius 1 is 1.04 bits per heavy atom. The number of Topliss-reactive ketones (excluding diaryl/α,β-unsaturated/α-hetero) is 1. The predicted octanol–water partition coefficient (Wildman–Crippen LogP) is 5.10. The molecule has 134 valence electrons. The average molecular weight is 325 g/mol. The largest absolute Gasteiger partial charge is 0.453 e. The van der Waals surface area contributed by atoms with Crippen LogP contribution in [0.5, 0.6) is 0 Å². The molecule has 2 atom stereocenters. The third-order valence-electron chi connectivity index (χ3n) is 4.97. The lowest BCUT2D eigenvalue weighted by atomic mass is 9.93. The number of likely N-dealkylation sites (tertiary alicyclic amines) is 1. The smallest absolute Gasteiger partial charge is 0.409 e. The van der Waals surface area contributed by atoms with Gasteiger partial charge in [0.15, 0.2) is 0 Å². The number of carbonyl (C=O) groups excluding carboxylic acids is 2. The number of unbranched alkanes of at least 4 members (excludes halogenated alkanes) is 4. The first-order valence-corrected chi connectivity index (χ1v) is 9.48. The van der Waals surface area contributed by atoms with E-state index in [1.807, 2.05) is 4.90 Å². The van der Waals surface area contributed by atoms with Gasteiger partial charge in [-0.2, -0.15) is 0 Å². The molecule has 1 fully saturated rings. The molecule has 4 nitrogen and oxygen atoms in total. The Kier molecular flexibility index (Phi) is 9.97. The number of carbonyl (C=O) groups is 2. The highest BCUT2D eigenvalue weighted by molar-refractivity contribution is 5.78. The number of amides is 1.